The van der Waals surface area contributed by atoms with Gasteiger partial charge >= 0.3 is 0 Å². The fourth-order valence-corrected chi connectivity index (χ4v) is 2.47. The second-order valence-corrected chi connectivity index (χ2v) is 5.30. The van der Waals surface area contributed by atoms with E-state index in [2.05, 4.69) is 18.3 Å². The Morgan fingerprint density at radius 1 is 1.15 bits per heavy atom. The minimum Gasteiger partial charge on any atom is -0.306 e. The zero-order chi connectivity index (χ0) is 14.5. The number of hydrogen-bond acceptors (Lipinski definition) is 1. The zero-order valence-electron chi connectivity index (χ0n) is 11.8. The van der Waals surface area contributed by atoms with E-state index < -0.39 is 0 Å². The van der Waals surface area contributed by atoms with E-state index in [0.29, 0.717) is 0 Å². The lowest BCUT2D eigenvalue weighted by Gasteiger charge is -2.22. The van der Waals surface area contributed by atoms with Crippen molar-refractivity contribution in [3.63, 3.8) is 0 Å². The van der Waals surface area contributed by atoms with E-state index in [1.54, 1.807) is 0 Å². The number of nitrogens with one attached hydrogen (secondary N) is 1. The van der Waals surface area contributed by atoms with Crippen molar-refractivity contribution in [2.24, 2.45) is 0 Å². The van der Waals surface area contributed by atoms with E-state index in [0.717, 1.165) is 34.7 Å². The van der Waals surface area contributed by atoms with Gasteiger partial charge in [-0.1, -0.05) is 42.8 Å². The molecule has 0 aliphatic heterocycles. The van der Waals surface area contributed by atoms with Crippen LogP contribution in [0.25, 0.3) is 0 Å². The van der Waals surface area contributed by atoms with Crippen molar-refractivity contribution in [3.8, 4) is 0 Å². The molecular weight excluding hydrogens is 273 g/mol. The number of benzene rings is 2. The molecule has 1 N–H and O–H groups in total. The van der Waals surface area contributed by atoms with Crippen molar-refractivity contribution < 1.29 is 4.39 Å². The van der Waals surface area contributed by atoms with Gasteiger partial charge in [-0.15, -0.1) is 0 Å². The van der Waals surface area contributed by atoms with Gasteiger partial charge in [0.2, 0.25) is 0 Å². The lowest BCUT2D eigenvalue weighted by atomic mass is 9.95. The Hall–Kier alpha value is -1.38. The summed E-state index contributed by atoms with van der Waals surface area (Å²) in [7, 11) is 0. The maximum Gasteiger partial charge on any atom is 0.123 e. The van der Waals surface area contributed by atoms with Gasteiger partial charge in [-0.3, -0.25) is 0 Å². The Morgan fingerprint density at radius 3 is 2.50 bits per heavy atom. The summed E-state index contributed by atoms with van der Waals surface area (Å²) >= 11 is 6.22. The molecule has 1 nitrogen and oxygen atoms in total. The molecule has 20 heavy (non-hydrogen) atoms. The highest BCUT2D eigenvalue weighted by Gasteiger charge is 2.16. The molecule has 0 aromatic heterocycles. The van der Waals surface area contributed by atoms with E-state index >= 15 is 0 Å². The molecule has 1 atom stereocenters. The van der Waals surface area contributed by atoms with Gasteiger partial charge in [0.05, 0.1) is 6.04 Å². The van der Waals surface area contributed by atoms with Crippen LogP contribution in [0, 0.1) is 12.7 Å². The van der Waals surface area contributed by atoms with Crippen LogP contribution in [0.1, 0.15) is 36.1 Å². The van der Waals surface area contributed by atoms with E-state index in [1.807, 2.05) is 31.2 Å². The van der Waals surface area contributed by atoms with Crippen molar-refractivity contribution in [2.75, 3.05) is 6.54 Å². The van der Waals surface area contributed by atoms with E-state index in [9.17, 15) is 4.39 Å². The molecule has 0 amide bonds. The summed E-state index contributed by atoms with van der Waals surface area (Å²) in [6, 6.07) is 12.6. The molecule has 0 aliphatic rings. The Bertz CT molecular complexity index is 566. The zero-order valence-corrected chi connectivity index (χ0v) is 12.5. The topological polar surface area (TPSA) is 12.0 Å². The Balaban J connectivity index is 2.41. The van der Waals surface area contributed by atoms with Gasteiger partial charge in [0.15, 0.2) is 0 Å². The van der Waals surface area contributed by atoms with Gasteiger partial charge in [0, 0.05) is 5.02 Å². The third-order valence-corrected chi connectivity index (χ3v) is 3.83. The Kier molecular flexibility index (Phi) is 5.16. The standard InChI is InChI=1S/C17H19ClFN/c1-3-11-20-17(13-7-9-14(19)10-8-13)15-5-4-6-16(18)12(15)2/h4-10,17,20H,3,11H2,1-2H3. The lowest BCUT2D eigenvalue weighted by Crippen LogP contribution is -2.24. The molecule has 0 fully saturated rings. The first kappa shape index (κ1) is 15.0. The molecule has 0 heterocycles. The van der Waals surface area contributed by atoms with Crippen LogP contribution in [-0.4, -0.2) is 6.54 Å². The quantitative estimate of drug-likeness (QED) is 0.828. The molecule has 0 radical (unpaired) electrons. The molecule has 0 aliphatic carbocycles. The monoisotopic (exact) mass is 291 g/mol. The highest BCUT2D eigenvalue weighted by atomic mass is 35.5. The van der Waals surface area contributed by atoms with Crippen LogP contribution >= 0.6 is 11.6 Å². The first-order valence-corrected chi connectivity index (χ1v) is 7.25. The molecule has 2 rings (SSSR count). The van der Waals surface area contributed by atoms with E-state index in [4.69, 9.17) is 11.6 Å². The number of hydrogen-bond donors (Lipinski definition) is 1. The van der Waals surface area contributed by atoms with Crippen molar-refractivity contribution in [1.82, 2.24) is 5.32 Å². The molecule has 3 heteroatoms. The highest BCUT2D eigenvalue weighted by molar-refractivity contribution is 6.31. The third kappa shape index (κ3) is 3.38. The Labute approximate surface area is 124 Å². The predicted molar refractivity (Wildman–Crippen MR) is 82.7 cm³/mol. The van der Waals surface area contributed by atoms with Gasteiger partial charge in [-0.25, -0.2) is 4.39 Å². The predicted octanol–water partition coefficient (Wildman–Crippen LogP) is 4.88. The summed E-state index contributed by atoms with van der Waals surface area (Å²) in [6.07, 6.45) is 1.04. The van der Waals surface area contributed by atoms with Crippen LogP contribution in [0.15, 0.2) is 42.5 Å². The average molecular weight is 292 g/mol. The molecule has 0 bridgehead atoms. The molecule has 2 aromatic carbocycles. The summed E-state index contributed by atoms with van der Waals surface area (Å²) in [5.41, 5.74) is 3.25. The van der Waals surface area contributed by atoms with Crippen LogP contribution < -0.4 is 5.32 Å². The first-order chi connectivity index (χ1) is 9.63. The minimum atomic E-state index is -0.217. The van der Waals surface area contributed by atoms with Crippen LogP contribution in [0.3, 0.4) is 0 Å². The summed E-state index contributed by atoms with van der Waals surface area (Å²) in [4.78, 5) is 0. The van der Waals surface area contributed by atoms with Gasteiger partial charge in [-0.2, -0.15) is 0 Å². The van der Waals surface area contributed by atoms with E-state index in [-0.39, 0.29) is 11.9 Å². The fraction of sp³-hybridized carbons (Fsp3) is 0.294. The van der Waals surface area contributed by atoms with Gasteiger partial charge < -0.3 is 5.32 Å². The second-order valence-electron chi connectivity index (χ2n) is 4.89. The summed E-state index contributed by atoms with van der Waals surface area (Å²) < 4.78 is 13.1. The largest absolute Gasteiger partial charge is 0.306 e. The molecular formula is C17H19ClFN. The van der Waals surface area contributed by atoms with Crippen molar-refractivity contribution in [2.45, 2.75) is 26.3 Å². The first-order valence-electron chi connectivity index (χ1n) is 6.87. The molecule has 106 valence electrons. The average Bonchev–Trinajstić information content (AvgIpc) is 2.45. The molecule has 2 aromatic rings. The summed E-state index contributed by atoms with van der Waals surface area (Å²) in [5, 5.41) is 4.27. The maximum atomic E-state index is 13.1. The lowest BCUT2D eigenvalue weighted by molar-refractivity contribution is 0.591. The molecule has 0 saturated heterocycles. The third-order valence-electron chi connectivity index (χ3n) is 3.42. The van der Waals surface area contributed by atoms with E-state index in [1.165, 1.54) is 12.1 Å². The molecule has 1 unspecified atom stereocenters. The van der Waals surface area contributed by atoms with Crippen molar-refractivity contribution in [1.29, 1.82) is 0 Å². The molecule has 0 saturated carbocycles. The number of rotatable bonds is 5. The van der Waals surface area contributed by atoms with Crippen LogP contribution in [-0.2, 0) is 0 Å². The SMILES string of the molecule is CCCNC(c1ccc(F)cc1)c1cccc(Cl)c1C. The summed E-state index contributed by atoms with van der Waals surface area (Å²) in [5.74, 6) is -0.217. The highest BCUT2D eigenvalue weighted by Crippen LogP contribution is 2.29. The van der Waals surface area contributed by atoms with Crippen LogP contribution in [0.5, 0.6) is 0 Å². The smallest absolute Gasteiger partial charge is 0.123 e. The second kappa shape index (κ2) is 6.87. The van der Waals surface area contributed by atoms with Crippen LogP contribution in [0.2, 0.25) is 5.02 Å². The molecule has 0 spiro atoms. The Morgan fingerprint density at radius 2 is 1.85 bits per heavy atom. The summed E-state index contributed by atoms with van der Waals surface area (Å²) in [6.45, 7) is 5.04. The van der Waals surface area contributed by atoms with Crippen LogP contribution in [0.4, 0.5) is 4.39 Å². The fourth-order valence-electron chi connectivity index (χ4n) is 2.29. The normalized spacial score (nSPS) is 12.4. The van der Waals surface area contributed by atoms with Gasteiger partial charge in [0.1, 0.15) is 5.82 Å². The van der Waals surface area contributed by atoms with Gasteiger partial charge in [-0.05, 0) is 54.8 Å². The number of halogens is 2. The van der Waals surface area contributed by atoms with Gasteiger partial charge in [0.25, 0.3) is 0 Å². The van der Waals surface area contributed by atoms with Crippen molar-refractivity contribution in [3.05, 3.63) is 70.0 Å². The van der Waals surface area contributed by atoms with Crippen molar-refractivity contribution >= 4 is 11.6 Å². The maximum absolute atomic E-state index is 13.1. The minimum absolute atomic E-state index is 0.0363.